The standard InChI is InChI=1S/C8H10BrNOS/c9-8-2-1-7(12-8)6-5-10-3-4-11-6/h1-2,6,10H,3-5H2/t6-/m0/s1. The predicted octanol–water partition coefficient (Wildman–Crippen LogP) is 2.17. The van der Waals surface area contributed by atoms with Crippen molar-refractivity contribution in [1.82, 2.24) is 5.32 Å². The maximum Gasteiger partial charge on any atom is 0.104 e. The summed E-state index contributed by atoms with van der Waals surface area (Å²) < 4.78 is 6.78. The summed E-state index contributed by atoms with van der Waals surface area (Å²) in [6.07, 6.45) is 0.259. The van der Waals surface area contributed by atoms with Crippen LogP contribution in [0.4, 0.5) is 0 Å². The molecule has 2 nitrogen and oxygen atoms in total. The third-order valence-electron chi connectivity index (χ3n) is 1.84. The predicted molar refractivity (Wildman–Crippen MR) is 53.6 cm³/mol. The van der Waals surface area contributed by atoms with Crippen molar-refractivity contribution in [2.75, 3.05) is 19.7 Å². The molecule has 1 aliphatic rings. The van der Waals surface area contributed by atoms with Gasteiger partial charge in [0.25, 0.3) is 0 Å². The van der Waals surface area contributed by atoms with Gasteiger partial charge < -0.3 is 10.1 Å². The van der Waals surface area contributed by atoms with Gasteiger partial charge in [-0.15, -0.1) is 11.3 Å². The van der Waals surface area contributed by atoms with Gasteiger partial charge in [-0.1, -0.05) is 0 Å². The Kier molecular flexibility index (Phi) is 2.80. The molecule has 1 atom stereocenters. The molecule has 0 aliphatic carbocycles. The van der Waals surface area contributed by atoms with Crippen LogP contribution in [0.2, 0.25) is 0 Å². The average Bonchev–Trinajstić information content (AvgIpc) is 2.54. The molecule has 0 amide bonds. The first-order chi connectivity index (χ1) is 5.86. The second-order valence-electron chi connectivity index (χ2n) is 2.71. The lowest BCUT2D eigenvalue weighted by Gasteiger charge is -2.22. The van der Waals surface area contributed by atoms with E-state index in [0.29, 0.717) is 0 Å². The van der Waals surface area contributed by atoms with Crippen LogP contribution >= 0.6 is 27.3 Å². The summed E-state index contributed by atoms with van der Waals surface area (Å²) in [5, 5.41) is 3.31. The van der Waals surface area contributed by atoms with E-state index in [1.807, 2.05) is 0 Å². The molecular weight excluding hydrogens is 238 g/mol. The van der Waals surface area contributed by atoms with E-state index in [-0.39, 0.29) is 6.10 Å². The molecule has 1 fully saturated rings. The number of halogens is 1. The zero-order valence-electron chi connectivity index (χ0n) is 6.55. The van der Waals surface area contributed by atoms with Gasteiger partial charge in [0.1, 0.15) is 6.10 Å². The molecule has 0 spiro atoms. The number of hydrogen-bond donors (Lipinski definition) is 1. The Morgan fingerprint density at radius 1 is 1.58 bits per heavy atom. The maximum absolute atomic E-state index is 5.60. The van der Waals surface area contributed by atoms with Crippen LogP contribution in [-0.2, 0) is 4.74 Å². The minimum absolute atomic E-state index is 0.259. The molecule has 12 heavy (non-hydrogen) atoms. The van der Waals surface area contributed by atoms with Gasteiger partial charge in [0.05, 0.1) is 10.4 Å². The number of rotatable bonds is 1. The highest BCUT2D eigenvalue weighted by atomic mass is 79.9. The molecule has 1 aromatic rings. The lowest BCUT2D eigenvalue weighted by Crippen LogP contribution is -2.32. The summed E-state index contributed by atoms with van der Waals surface area (Å²) >= 11 is 5.19. The van der Waals surface area contributed by atoms with Gasteiger partial charge in [0, 0.05) is 18.0 Å². The largest absolute Gasteiger partial charge is 0.370 e. The Morgan fingerprint density at radius 3 is 3.08 bits per heavy atom. The van der Waals surface area contributed by atoms with E-state index in [2.05, 4.69) is 33.4 Å². The first-order valence-corrected chi connectivity index (χ1v) is 5.55. The quantitative estimate of drug-likeness (QED) is 0.822. The van der Waals surface area contributed by atoms with E-state index in [4.69, 9.17) is 4.74 Å². The molecular formula is C8H10BrNOS. The topological polar surface area (TPSA) is 21.3 Å². The zero-order chi connectivity index (χ0) is 8.39. The van der Waals surface area contributed by atoms with Crippen LogP contribution in [0.3, 0.4) is 0 Å². The molecule has 2 heterocycles. The Hall–Kier alpha value is 0.1000. The van der Waals surface area contributed by atoms with Gasteiger partial charge in [-0.05, 0) is 28.1 Å². The van der Waals surface area contributed by atoms with Crippen LogP contribution < -0.4 is 5.32 Å². The summed E-state index contributed by atoms with van der Waals surface area (Å²) in [4.78, 5) is 1.30. The molecule has 66 valence electrons. The SMILES string of the molecule is Brc1ccc([C@@H]2CNCCO2)s1. The Labute approximate surface area is 84.1 Å². The molecule has 1 saturated heterocycles. The van der Waals surface area contributed by atoms with Gasteiger partial charge in [-0.3, -0.25) is 0 Å². The van der Waals surface area contributed by atoms with Crippen molar-refractivity contribution in [3.63, 3.8) is 0 Å². The average molecular weight is 248 g/mol. The third-order valence-corrected chi connectivity index (χ3v) is 3.55. The van der Waals surface area contributed by atoms with Crippen molar-refractivity contribution >= 4 is 27.3 Å². The van der Waals surface area contributed by atoms with Crippen LogP contribution in [0.15, 0.2) is 15.9 Å². The molecule has 0 radical (unpaired) electrons. The highest BCUT2D eigenvalue weighted by Crippen LogP contribution is 2.29. The molecule has 4 heteroatoms. The van der Waals surface area contributed by atoms with Crippen molar-refractivity contribution in [3.8, 4) is 0 Å². The highest BCUT2D eigenvalue weighted by molar-refractivity contribution is 9.11. The van der Waals surface area contributed by atoms with E-state index in [9.17, 15) is 0 Å². The fraction of sp³-hybridized carbons (Fsp3) is 0.500. The minimum Gasteiger partial charge on any atom is -0.370 e. The third kappa shape index (κ3) is 1.88. The zero-order valence-corrected chi connectivity index (χ0v) is 8.95. The molecule has 1 aliphatic heterocycles. The summed E-state index contributed by atoms with van der Waals surface area (Å²) in [5.41, 5.74) is 0. The summed E-state index contributed by atoms with van der Waals surface area (Å²) in [7, 11) is 0. The summed E-state index contributed by atoms with van der Waals surface area (Å²) in [5.74, 6) is 0. The van der Waals surface area contributed by atoms with E-state index in [0.717, 1.165) is 19.7 Å². The van der Waals surface area contributed by atoms with Crippen LogP contribution in [0.1, 0.15) is 11.0 Å². The fourth-order valence-corrected chi connectivity index (χ4v) is 2.72. The van der Waals surface area contributed by atoms with Crippen molar-refractivity contribution < 1.29 is 4.74 Å². The maximum atomic E-state index is 5.60. The Balaban J connectivity index is 2.08. The second kappa shape index (κ2) is 3.87. The van der Waals surface area contributed by atoms with Gasteiger partial charge in [0.2, 0.25) is 0 Å². The number of hydrogen-bond acceptors (Lipinski definition) is 3. The van der Waals surface area contributed by atoms with E-state index >= 15 is 0 Å². The van der Waals surface area contributed by atoms with Crippen molar-refractivity contribution in [3.05, 3.63) is 20.8 Å². The minimum atomic E-state index is 0.259. The lowest BCUT2D eigenvalue weighted by atomic mass is 10.2. The highest BCUT2D eigenvalue weighted by Gasteiger charge is 2.16. The summed E-state index contributed by atoms with van der Waals surface area (Å²) in [6.45, 7) is 2.73. The molecule has 2 rings (SSSR count). The molecule has 0 bridgehead atoms. The van der Waals surface area contributed by atoms with Crippen molar-refractivity contribution in [2.24, 2.45) is 0 Å². The van der Waals surface area contributed by atoms with Crippen molar-refractivity contribution in [1.29, 1.82) is 0 Å². The Morgan fingerprint density at radius 2 is 2.50 bits per heavy atom. The first-order valence-electron chi connectivity index (χ1n) is 3.94. The molecule has 0 saturated carbocycles. The van der Waals surface area contributed by atoms with Crippen LogP contribution in [0, 0.1) is 0 Å². The monoisotopic (exact) mass is 247 g/mol. The Bertz CT molecular complexity index is 257. The van der Waals surface area contributed by atoms with Gasteiger partial charge in [-0.25, -0.2) is 0 Å². The van der Waals surface area contributed by atoms with E-state index < -0.39 is 0 Å². The smallest absolute Gasteiger partial charge is 0.104 e. The number of thiophene rings is 1. The molecule has 1 aromatic heterocycles. The van der Waals surface area contributed by atoms with Gasteiger partial charge in [-0.2, -0.15) is 0 Å². The van der Waals surface area contributed by atoms with E-state index in [1.54, 1.807) is 11.3 Å². The lowest BCUT2D eigenvalue weighted by molar-refractivity contribution is 0.0299. The van der Waals surface area contributed by atoms with Gasteiger partial charge >= 0.3 is 0 Å². The second-order valence-corrected chi connectivity index (χ2v) is 5.20. The van der Waals surface area contributed by atoms with Crippen LogP contribution in [0.5, 0.6) is 0 Å². The van der Waals surface area contributed by atoms with Crippen LogP contribution in [0.25, 0.3) is 0 Å². The summed E-state index contributed by atoms with van der Waals surface area (Å²) in [6, 6.07) is 4.18. The number of ether oxygens (including phenoxy) is 1. The normalized spacial score (nSPS) is 24.2. The fourth-order valence-electron chi connectivity index (χ4n) is 1.25. The van der Waals surface area contributed by atoms with E-state index in [1.165, 1.54) is 8.66 Å². The first kappa shape index (κ1) is 8.69. The van der Waals surface area contributed by atoms with Crippen molar-refractivity contribution in [2.45, 2.75) is 6.10 Å². The van der Waals surface area contributed by atoms with Crippen LogP contribution in [-0.4, -0.2) is 19.7 Å². The molecule has 1 N–H and O–H groups in total. The number of morpholine rings is 1. The van der Waals surface area contributed by atoms with Gasteiger partial charge in [0.15, 0.2) is 0 Å². The number of nitrogens with one attached hydrogen (secondary N) is 1. The molecule has 0 aromatic carbocycles. The molecule has 0 unspecified atom stereocenters.